The highest BCUT2D eigenvalue weighted by atomic mass is 32.2. The van der Waals surface area contributed by atoms with Crippen molar-refractivity contribution in [2.45, 2.75) is 16.3 Å². The van der Waals surface area contributed by atoms with Crippen LogP contribution < -0.4 is 26.1 Å². The number of pyridine rings is 1. The Hall–Kier alpha value is -3.87. The van der Waals surface area contributed by atoms with E-state index in [4.69, 9.17) is 4.74 Å². The Balaban J connectivity index is 1.15. The van der Waals surface area contributed by atoms with Crippen LogP contribution in [-0.2, 0) is 11.3 Å². The van der Waals surface area contributed by atoms with Crippen LogP contribution in [0.15, 0.2) is 74.1 Å². The summed E-state index contributed by atoms with van der Waals surface area (Å²) in [4.78, 5) is 46.7. The van der Waals surface area contributed by atoms with Gasteiger partial charge in [-0.25, -0.2) is 13.7 Å². The zero-order valence-corrected chi connectivity index (χ0v) is 21.2. The molecule has 2 aromatic carbocycles. The number of carbonyl (C=O) groups is 1. The van der Waals surface area contributed by atoms with Gasteiger partial charge in [-0.3, -0.25) is 14.6 Å². The summed E-state index contributed by atoms with van der Waals surface area (Å²) < 4.78 is 6.84. The molecule has 0 spiro atoms. The molecule has 6 rings (SSSR count). The third kappa shape index (κ3) is 4.90. The zero-order chi connectivity index (χ0) is 25.4. The quantitative estimate of drug-likeness (QED) is 0.314. The topological polar surface area (TPSA) is 121 Å². The van der Waals surface area contributed by atoms with E-state index >= 15 is 0 Å². The highest BCUT2D eigenvalue weighted by molar-refractivity contribution is 8.00. The molecule has 1 amide bonds. The predicted octanol–water partition coefficient (Wildman–Crippen LogP) is 3.34. The number of aromatic amines is 1. The lowest BCUT2D eigenvalue weighted by Gasteiger charge is -2.32. The van der Waals surface area contributed by atoms with Gasteiger partial charge in [-0.15, -0.1) is 0 Å². The summed E-state index contributed by atoms with van der Waals surface area (Å²) in [5.74, 6) is 0.554. The van der Waals surface area contributed by atoms with Crippen molar-refractivity contribution in [1.82, 2.24) is 13.9 Å². The van der Waals surface area contributed by atoms with E-state index in [0.717, 1.165) is 57.2 Å². The number of hydrogen-bond donors (Lipinski definition) is 3. The molecular weight excluding hydrogens is 512 g/mol. The van der Waals surface area contributed by atoms with Gasteiger partial charge in [-0.1, -0.05) is 23.9 Å². The van der Waals surface area contributed by atoms with Crippen molar-refractivity contribution < 1.29 is 9.53 Å². The minimum atomic E-state index is -0.439. The van der Waals surface area contributed by atoms with Crippen molar-refractivity contribution in [3.05, 3.63) is 86.0 Å². The summed E-state index contributed by atoms with van der Waals surface area (Å²) in [6, 6.07) is 14.8. The van der Waals surface area contributed by atoms with Gasteiger partial charge in [0.1, 0.15) is 5.82 Å². The van der Waals surface area contributed by atoms with Crippen molar-refractivity contribution in [3.8, 4) is 0 Å². The molecule has 3 N–H and O–H groups in total. The SMILES string of the molecule is O=C(Nc1ccc2c(c1)Nc1nccc(N3CCOCC3)c1S2)c1ccc(Cn2sc(=O)[nH]c2=O)cc1. The maximum Gasteiger partial charge on any atom is 0.338 e. The van der Waals surface area contributed by atoms with Gasteiger partial charge in [0.15, 0.2) is 0 Å². The Morgan fingerprint density at radius 1 is 1.08 bits per heavy atom. The lowest BCUT2D eigenvalue weighted by atomic mass is 10.1. The Bertz CT molecular complexity index is 1590. The van der Waals surface area contributed by atoms with Gasteiger partial charge in [-0.05, 0) is 42.0 Å². The molecule has 37 heavy (non-hydrogen) atoms. The summed E-state index contributed by atoms with van der Waals surface area (Å²) in [5, 5.41) is 6.36. The van der Waals surface area contributed by atoms with E-state index in [9.17, 15) is 14.4 Å². The predicted molar refractivity (Wildman–Crippen MR) is 144 cm³/mol. The lowest BCUT2D eigenvalue weighted by molar-refractivity contribution is 0.102. The average molecular weight is 535 g/mol. The number of hydrogen-bond acceptors (Lipinski definition) is 9. The number of anilines is 4. The molecule has 0 aliphatic carbocycles. The number of nitrogens with one attached hydrogen (secondary N) is 3. The first-order valence-corrected chi connectivity index (χ1v) is 13.2. The van der Waals surface area contributed by atoms with Gasteiger partial charge in [0.05, 0.1) is 36.0 Å². The van der Waals surface area contributed by atoms with E-state index in [2.05, 4.69) is 25.5 Å². The number of carbonyl (C=O) groups excluding carboxylic acids is 1. The van der Waals surface area contributed by atoms with E-state index in [-0.39, 0.29) is 12.5 Å². The third-order valence-electron chi connectivity index (χ3n) is 6.11. The van der Waals surface area contributed by atoms with Crippen LogP contribution in [0.2, 0.25) is 0 Å². The number of rotatable bonds is 5. The fourth-order valence-corrected chi connectivity index (χ4v) is 6.01. The van der Waals surface area contributed by atoms with Crippen LogP contribution >= 0.6 is 23.3 Å². The Labute approximate surface area is 219 Å². The molecule has 10 nitrogen and oxygen atoms in total. The number of H-pyrrole nitrogens is 1. The second-order valence-corrected chi connectivity index (χ2v) is 10.6. The largest absolute Gasteiger partial charge is 0.378 e. The average Bonchev–Trinajstić information content (AvgIpc) is 3.24. The number of nitrogens with zero attached hydrogens (tertiary/aromatic N) is 3. The minimum Gasteiger partial charge on any atom is -0.378 e. The monoisotopic (exact) mass is 534 g/mol. The molecule has 0 unspecified atom stereocenters. The fourth-order valence-electron chi connectivity index (χ4n) is 4.26. The molecular formula is C25H22N6O4S2. The molecule has 1 fully saturated rings. The Morgan fingerprint density at radius 2 is 1.89 bits per heavy atom. The lowest BCUT2D eigenvalue weighted by Crippen LogP contribution is -2.36. The molecule has 1 saturated heterocycles. The molecule has 0 saturated carbocycles. The highest BCUT2D eigenvalue weighted by Crippen LogP contribution is 2.48. The van der Waals surface area contributed by atoms with Crippen molar-refractivity contribution >= 4 is 52.1 Å². The zero-order valence-electron chi connectivity index (χ0n) is 19.5. The number of fused-ring (bicyclic) bond motifs is 2. The van der Waals surface area contributed by atoms with Crippen LogP contribution in [0.3, 0.4) is 0 Å². The smallest absolute Gasteiger partial charge is 0.338 e. The van der Waals surface area contributed by atoms with Gasteiger partial charge in [0.2, 0.25) is 0 Å². The van der Waals surface area contributed by atoms with Crippen LogP contribution in [-0.4, -0.2) is 46.1 Å². The van der Waals surface area contributed by atoms with Crippen molar-refractivity contribution in [2.75, 3.05) is 41.8 Å². The van der Waals surface area contributed by atoms with Crippen LogP contribution in [0.4, 0.5) is 22.9 Å². The van der Waals surface area contributed by atoms with Crippen molar-refractivity contribution in [3.63, 3.8) is 0 Å². The van der Waals surface area contributed by atoms with E-state index in [0.29, 0.717) is 24.5 Å². The number of benzene rings is 2. The number of aromatic nitrogens is 3. The first-order chi connectivity index (χ1) is 18.0. The van der Waals surface area contributed by atoms with Gasteiger partial charge in [0.25, 0.3) is 5.91 Å². The van der Waals surface area contributed by atoms with Crippen LogP contribution in [0.1, 0.15) is 15.9 Å². The maximum absolute atomic E-state index is 12.9. The molecule has 2 aliphatic heterocycles. The standard InChI is InChI=1S/C25H22N6O4S2/c32-23(16-3-1-15(2-4-16)14-31-24(33)29-25(34)37-31)27-17-5-6-20-18(13-17)28-22-21(36-20)19(7-8-26-22)30-9-11-35-12-10-30/h1-8,13H,9-12,14H2,(H,26,28)(H,27,32)(H,29,33,34). The van der Waals surface area contributed by atoms with Crippen LogP contribution in [0.25, 0.3) is 0 Å². The second kappa shape index (κ2) is 9.88. The first kappa shape index (κ1) is 23.5. The van der Waals surface area contributed by atoms with Gasteiger partial charge < -0.3 is 20.3 Å². The Kier molecular flexibility index (Phi) is 6.28. The molecule has 188 valence electrons. The van der Waals surface area contributed by atoms with Crippen LogP contribution in [0.5, 0.6) is 0 Å². The van der Waals surface area contributed by atoms with Gasteiger partial charge in [0, 0.05) is 47.0 Å². The summed E-state index contributed by atoms with van der Waals surface area (Å²) in [5.41, 5.74) is 3.55. The molecule has 4 heterocycles. The summed E-state index contributed by atoms with van der Waals surface area (Å²) in [6.07, 6.45) is 1.81. The molecule has 4 aromatic rings. The molecule has 2 aliphatic rings. The summed E-state index contributed by atoms with van der Waals surface area (Å²) in [7, 11) is 0. The van der Waals surface area contributed by atoms with Crippen molar-refractivity contribution in [1.29, 1.82) is 0 Å². The summed E-state index contributed by atoms with van der Waals surface area (Å²) in [6.45, 7) is 3.39. The molecule has 0 radical (unpaired) electrons. The first-order valence-electron chi connectivity index (χ1n) is 11.6. The van der Waals surface area contributed by atoms with E-state index in [1.54, 1.807) is 36.0 Å². The summed E-state index contributed by atoms with van der Waals surface area (Å²) >= 11 is 2.50. The van der Waals surface area contributed by atoms with E-state index in [1.807, 2.05) is 30.5 Å². The number of morpholine rings is 1. The second-order valence-electron chi connectivity index (χ2n) is 8.54. The number of ether oxygens (including phenoxy) is 1. The van der Waals surface area contributed by atoms with E-state index in [1.165, 1.54) is 3.96 Å². The third-order valence-corrected chi connectivity index (χ3v) is 8.07. The molecule has 12 heteroatoms. The Morgan fingerprint density at radius 3 is 2.65 bits per heavy atom. The van der Waals surface area contributed by atoms with Crippen LogP contribution in [0, 0.1) is 0 Å². The maximum atomic E-state index is 12.9. The molecule has 0 atom stereocenters. The molecule has 0 bridgehead atoms. The number of amides is 1. The van der Waals surface area contributed by atoms with E-state index < -0.39 is 10.6 Å². The normalized spacial score (nSPS) is 14.4. The van der Waals surface area contributed by atoms with Gasteiger partial charge >= 0.3 is 10.6 Å². The fraction of sp³-hybridized carbons (Fsp3) is 0.200. The molecule has 2 aromatic heterocycles. The van der Waals surface area contributed by atoms with Crippen molar-refractivity contribution in [2.24, 2.45) is 0 Å². The van der Waals surface area contributed by atoms with Gasteiger partial charge in [-0.2, -0.15) is 0 Å². The highest BCUT2D eigenvalue weighted by Gasteiger charge is 2.24. The minimum absolute atomic E-state index is 0.244.